The van der Waals surface area contributed by atoms with E-state index < -0.39 is 103 Å². The number of aromatic amines is 2. The summed E-state index contributed by atoms with van der Waals surface area (Å²) in [5.41, 5.74) is 2.83. The van der Waals surface area contributed by atoms with Gasteiger partial charge in [0.15, 0.2) is 23.7 Å². The number of aliphatic hydroxyl groups is 2. The third-order valence-corrected chi connectivity index (χ3v) is 13.0. The van der Waals surface area contributed by atoms with E-state index in [9.17, 15) is 48.2 Å². The van der Waals surface area contributed by atoms with Crippen LogP contribution >= 0.6 is 23.5 Å². The highest BCUT2D eigenvalue weighted by Crippen LogP contribution is 2.68. The molecule has 3 fully saturated rings. The second-order valence-electron chi connectivity index (χ2n) is 12.4. The predicted octanol–water partition coefficient (Wildman–Crippen LogP) is -2.76. The first-order chi connectivity index (χ1) is 25.2. The molecule has 30 heteroatoms. The summed E-state index contributed by atoms with van der Waals surface area (Å²) in [5.74, 6) is 0.0167. The van der Waals surface area contributed by atoms with Crippen molar-refractivity contribution in [2.75, 3.05) is 32.7 Å². The molecule has 0 spiro atoms. The van der Waals surface area contributed by atoms with Crippen LogP contribution in [0.4, 0.5) is 5.95 Å². The van der Waals surface area contributed by atoms with Crippen LogP contribution in [0.5, 0.6) is 0 Å². The SMILES string of the molecule is COC1[C@@H](COP(=O)(O)OP(=O)(O)OP(=O)(O)OC[C@]23CO[C@@H](C2O)[C@H]([n+]2cn(C)c4c(=O)[nH]c(N)nc42)O3)O[C@@H](n2cnc3c(=O)[nH]c(C)nc32)[C@H]1O. The first-order valence-corrected chi connectivity index (χ1v) is 20.0. The topological polar surface area (TPSA) is 370 Å². The average molecular weight is 828 g/mol. The molecule has 5 unspecified atom stereocenters. The minimum absolute atomic E-state index is 0.0417. The predicted molar refractivity (Wildman–Crippen MR) is 172 cm³/mol. The van der Waals surface area contributed by atoms with Crippen LogP contribution in [0.2, 0.25) is 0 Å². The fraction of sp³-hybridized carbons (Fsp3) is 0.583. The number of H-pyrrole nitrogens is 2. The van der Waals surface area contributed by atoms with Gasteiger partial charge >= 0.3 is 29.1 Å². The number of aromatic nitrogens is 8. The molecule has 3 aliphatic heterocycles. The molecule has 0 amide bonds. The van der Waals surface area contributed by atoms with Gasteiger partial charge in [-0.3, -0.25) is 32.8 Å². The minimum atomic E-state index is -5.96. The number of nitrogens with two attached hydrogens (primary N) is 1. The Labute approximate surface area is 300 Å². The van der Waals surface area contributed by atoms with Crippen LogP contribution in [0.3, 0.4) is 0 Å². The number of hydrogen-bond donors (Lipinski definition) is 8. The number of imidazole rings is 2. The van der Waals surface area contributed by atoms with Crippen molar-refractivity contribution in [3.8, 4) is 0 Å². The highest BCUT2D eigenvalue weighted by molar-refractivity contribution is 7.66. The maximum absolute atomic E-state index is 12.8. The molecule has 9 N–H and O–H groups in total. The quantitative estimate of drug-likeness (QED) is 0.0500. The molecule has 0 aliphatic carbocycles. The standard InChI is InChI=1S/C24H32N9O18P3/c1-9-27-17-11(19(36)28-9)26-7-32(17)21-13(34)14(44-3)10(48-21)4-46-52(38,39)50-54(42,43)51-53(40,41)47-6-24-5-45-15(16(24)35)22(49-24)33-8-31(2)12-18(33)29-23(25)30-20(12)37/h7-8,10,13-16,21-22,34-35H,4-6H2,1-3H3,(H6-,25,27,28,29,30,36,37,38,39,40,41,42,43)/p+1/t10-,13+,14?,15+,16?,21-,22-,24-/m1/s1. The second kappa shape index (κ2) is 13.7. The monoisotopic (exact) mass is 828 g/mol. The minimum Gasteiger partial charge on any atom is -0.387 e. The number of methoxy groups -OCH3 is 1. The van der Waals surface area contributed by atoms with Crippen LogP contribution in [0.1, 0.15) is 18.3 Å². The lowest BCUT2D eigenvalue weighted by atomic mass is 10.0. The van der Waals surface area contributed by atoms with Crippen molar-refractivity contribution in [1.29, 1.82) is 0 Å². The van der Waals surface area contributed by atoms with Crippen LogP contribution in [0.25, 0.3) is 22.3 Å². The molecular formula is C24H33N9O18P3+. The number of ether oxygens (including phenoxy) is 4. The van der Waals surface area contributed by atoms with E-state index in [-0.39, 0.29) is 34.1 Å². The molecule has 296 valence electrons. The normalized spacial score (nSPS) is 31.6. The van der Waals surface area contributed by atoms with Crippen molar-refractivity contribution in [2.45, 2.75) is 55.5 Å². The third kappa shape index (κ3) is 7.00. The van der Waals surface area contributed by atoms with Crippen LogP contribution in [-0.2, 0) is 57.4 Å². The molecular weight excluding hydrogens is 795 g/mol. The Kier molecular flexibility index (Phi) is 9.88. The van der Waals surface area contributed by atoms with Crippen molar-refractivity contribution in [2.24, 2.45) is 7.05 Å². The molecule has 0 radical (unpaired) electrons. The van der Waals surface area contributed by atoms with E-state index >= 15 is 0 Å². The fourth-order valence-corrected chi connectivity index (χ4v) is 10.0. The molecule has 0 saturated carbocycles. The molecule has 4 aromatic rings. The van der Waals surface area contributed by atoms with Gasteiger partial charge in [-0.15, -0.1) is 0 Å². The van der Waals surface area contributed by atoms with Gasteiger partial charge in [-0.25, -0.2) is 28.2 Å². The number of fused-ring (bicyclic) bond motifs is 4. The third-order valence-electron chi connectivity index (χ3n) is 8.76. The number of rotatable bonds is 13. The Morgan fingerprint density at radius 3 is 2.48 bits per heavy atom. The molecule has 11 atom stereocenters. The van der Waals surface area contributed by atoms with E-state index in [1.165, 1.54) is 47.4 Å². The van der Waals surface area contributed by atoms with E-state index in [1.54, 1.807) is 0 Å². The van der Waals surface area contributed by atoms with E-state index in [0.29, 0.717) is 0 Å². The lowest BCUT2D eigenvalue weighted by Crippen LogP contribution is -2.50. The van der Waals surface area contributed by atoms with Crippen molar-refractivity contribution in [3.63, 3.8) is 0 Å². The van der Waals surface area contributed by atoms with E-state index in [1.807, 2.05) is 0 Å². The molecule has 7 heterocycles. The van der Waals surface area contributed by atoms with Gasteiger partial charge in [-0.2, -0.15) is 8.62 Å². The summed E-state index contributed by atoms with van der Waals surface area (Å²) in [7, 11) is -14.5. The number of nitrogen functional groups attached to an aromatic ring is 1. The summed E-state index contributed by atoms with van der Waals surface area (Å²) in [5, 5.41) is 21.9. The molecule has 0 aromatic carbocycles. The van der Waals surface area contributed by atoms with Crippen molar-refractivity contribution >= 4 is 51.7 Å². The zero-order valence-electron chi connectivity index (χ0n) is 28.0. The number of anilines is 1. The van der Waals surface area contributed by atoms with Crippen LogP contribution in [0.15, 0.2) is 22.2 Å². The maximum atomic E-state index is 12.8. The summed E-state index contributed by atoms with van der Waals surface area (Å²) in [4.78, 5) is 72.4. The zero-order valence-corrected chi connectivity index (χ0v) is 30.6. The largest absolute Gasteiger partial charge is 0.490 e. The highest BCUT2D eigenvalue weighted by Gasteiger charge is 2.64. The van der Waals surface area contributed by atoms with E-state index in [4.69, 9.17) is 33.7 Å². The number of aliphatic hydroxyl groups excluding tert-OH is 2. The Balaban J connectivity index is 0.977. The fourth-order valence-electron chi connectivity index (χ4n) is 6.47. The van der Waals surface area contributed by atoms with Gasteiger partial charge in [0.2, 0.25) is 11.7 Å². The van der Waals surface area contributed by atoms with Crippen molar-refractivity contribution in [1.82, 2.24) is 34.1 Å². The van der Waals surface area contributed by atoms with Crippen LogP contribution in [0, 0.1) is 6.92 Å². The number of hydrogen-bond acceptors (Lipinski definition) is 19. The molecule has 3 saturated heterocycles. The van der Waals surface area contributed by atoms with Gasteiger partial charge < -0.3 is 54.6 Å². The molecule has 54 heavy (non-hydrogen) atoms. The molecule has 7 rings (SSSR count). The number of nitrogens with one attached hydrogen (secondary N) is 2. The number of phosphoric acid groups is 3. The first kappa shape index (κ1) is 38.9. The Morgan fingerprint density at radius 1 is 1.07 bits per heavy atom. The molecule has 27 nitrogen and oxygen atoms in total. The lowest BCUT2D eigenvalue weighted by molar-refractivity contribution is -0.752. The molecule has 3 aliphatic rings. The van der Waals surface area contributed by atoms with Gasteiger partial charge in [0, 0.05) is 7.11 Å². The first-order valence-electron chi connectivity index (χ1n) is 15.5. The second-order valence-corrected chi connectivity index (χ2v) is 17.1. The summed E-state index contributed by atoms with van der Waals surface area (Å²) in [6.45, 7) is -0.784. The van der Waals surface area contributed by atoms with Gasteiger partial charge in [-0.05, 0) is 6.92 Å². The molecule has 2 bridgehead atoms. The summed E-state index contributed by atoms with van der Waals surface area (Å²) in [6, 6.07) is 0. The van der Waals surface area contributed by atoms with Gasteiger partial charge in [0.1, 0.15) is 41.9 Å². The van der Waals surface area contributed by atoms with Gasteiger partial charge in [0.05, 0.1) is 33.2 Å². The van der Waals surface area contributed by atoms with Gasteiger partial charge in [0.25, 0.3) is 17.1 Å². The smallest absolute Gasteiger partial charge is 0.387 e. The van der Waals surface area contributed by atoms with Crippen LogP contribution in [-0.4, -0.2) is 122 Å². The van der Waals surface area contributed by atoms with Crippen LogP contribution < -0.4 is 21.4 Å². The number of phosphoric ester groups is 2. The Morgan fingerprint density at radius 2 is 1.78 bits per heavy atom. The average Bonchev–Trinajstić information content (AvgIpc) is 3.84. The van der Waals surface area contributed by atoms with Crippen molar-refractivity contribution < 1.29 is 79.8 Å². The summed E-state index contributed by atoms with van der Waals surface area (Å²) < 4.78 is 82.6. The number of nitrogens with zero attached hydrogens (tertiary/aromatic N) is 6. The lowest BCUT2D eigenvalue weighted by Gasteiger charge is -2.29. The van der Waals surface area contributed by atoms with E-state index in [2.05, 4.69) is 33.5 Å². The zero-order chi connectivity index (χ0) is 39.1. The van der Waals surface area contributed by atoms with Gasteiger partial charge in [-0.1, -0.05) is 4.98 Å². The van der Waals surface area contributed by atoms with Crippen molar-refractivity contribution in [3.05, 3.63) is 39.2 Å². The number of aryl methyl sites for hydroxylation is 2. The Hall–Kier alpha value is -3.33. The highest BCUT2D eigenvalue weighted by atomic mass is 31.3. The maximum Gasteiger partial charge on any atom is 0.490 e. The summed E-state index contributed by atoms with van der Waals surface area (Å²) >= 11 is 0. The molecule has 4 aromatic heterocycles. The van der Waals surface area contributed by atoms with E-state index in [0.717, 1.165) is 0 Å². The Bertz CT molecular complexity index is 2380. The summed E-state index contributed by atoms with van der Waals surface area (Å²) in [6.07, 6.45) is -6.57.